The van der Waals surface area contributed by atoms with Crippen molar-refractivity contribution in [2.45, 2.75) is 26.3 Å². The number of hydrogen-bond donors (Lipinski definition) is 4. The molecule has 108 valence electrons. The Kier molecular flexibility index (Phi) is 5.52. The van der Waals surface area contributed by atoms with Gasteiger partial charge in [0.15, 0.2) is 0 Å². The number of carbonyl (C=O) groups excluding carboxylic acids is 2. The fourth-order valence-corrected chi connectivity index (χ4v) is 1.54. The summed E-state index contributed by atoms with van der Waals surface area (Å²) in [6, 6.07) is 4.99. The van der Waals surface area contributed by atoms with Gasteiger partial charge in [-0.15, -0.1) is 0 Å². The Labute approximate surface area is 116 Å². The summed E-state index contributed by atoms with van der Waals surface area (Å²) in [5.41, 5.74) is 0.995. The molecule has 0 aliphatic rings. The molecule has 7 heteroatoms. The molecule has 0 fully saturated rings. The Balaban J connectivity index is 2.66. The van der Waals surface area contributed by atoms with Crippen molar-refractivity contribution in [1.82, 2.24) is 5.32 Å². The fraction of sp³-hybridized carbons (Fsp3) is 0.308. The largest absolute Gasteiger partial charge is 0.480 e. The zero-order valence-electron chi connectivity index (χ0n) is 11.3. The molecule has 0 aromatic heterocycles. The highest BCUT2D eigenvalue weighted by molar-refractivity contribution is 5.94. The van der Waals surface area contributed by atoms with Gasteiger partial charge in [-0.3, -0.25) is 4.79 Å². The number of benzene rings is 1. The number of anilines is 2. The van der Waals surface area contributed by atoms with Crippen LogP contribution in [-0.4, -0.2) is 29.1 Å². The van der Waals surface area contributed by atoms with E-state index in [1.54, 1.807) is 31.2 Å². The Morgan fingerprint density at radius 2 is 1.80 bits per heavy atom. The molecule has 4 N–H and O–H groups in total. The van der Waals surface area contributed by atoms with Crippen LogP contribution in [0, 0.1) is 0 Å². The van der Waals surface area contributed by atoms with E-state index in [1.165, 1.54) is 6.92 Å². The maximum Gasteiger partial charge on any atom is 0.326 e. The number of carbonyl (C=O) groups is 3. The third-order valence-electron chi connectivity index (χ3n) is 2.45. The number of carboxylic acid groups (broad SMARTS) is 1. The van der Waals surface area contributed by atoms with Crippen LogP contribution in [0.4, 0.5) is 16.2 Å². The minimum atomic E-state index is -1.09. The van der Waals surface area contributed by atoms with Crippen LogP contribution in [0.25, 0.3) is 0 Å². The van der Waals surface area contributed by atoms with Crippen LogP contribution >= 0.6 is 0 Å². The van der Waals surface area contributed by atoms with Gasteiger partial charge in [-0.1, -0.05) is 13.0 Å². The lowest BCUT2D eigenvalue weighted by molar-refractivity contribution is -0.139. The van der Waals surface area contributed by atoms with Gasteiger partial charge in [0.2, 0.25) is 5.91 Å². The molecule has 20 heavy (non-hydrogen) atoms. The van der Waals surface area contributed by atoms with Gasteiger partial charge >= 0.3 is 12.0 Å². The average molecular weight is 279 g/mol. The number of carboxylic acids is 1. The first-order chi connectivity index (χ1) is 9.42. The van der Waals surface area contributed by atoms with E-state index in [0.717, 1.165) is 0 Å². The van der Waals surface area contributed by atoms with Gasteiger partial charge in [0.05, 0.1) is 0 Å². The lowest BCUT2D eigenvalue weighted by Gasteiger charge is -2.13. The second-order valence-electron chi connectivity index (χ2n) is 4.16. The van der Waals surface area contributed by atoms with E-state index in [-0.39, 0.29) is 12.3 Å². The van der Waals surface area contributed by atoms with E-state index in [0.29, 0.717) is 11.4 Å². The van der Waals surface area contributed by atoms with Crippen molar-refractivity contribution in [1.29, 1.82) is 0 Å². The standard InChI is InChI=1S/C13H17N3O4/c1-3-11(12(18)19)16-13(20)15-10-6-4-5-9(7-10)14-8(2)17/h4-7,11H,3H2,1-2H3,(H,14,17)(H,18,19)(H2,15,16,20). The summed E-state index contributed by atoms with van der Waals surface area (Å²) in [4.78, 5) is 33.4. The molecule has 0 radical (unpaired) electrons. The fourth-order valence-electron chi connectivity index (χ4n) is 1.54. The zero-order chi connectivity index (χ0) is 15.1. The number of hydrogen-bond acceptors (Lipinski definition) is 3. The summed E-state index contributed by atoms with van der Waals surface area (Å²) in [5.74, 6) is -1.31. The minimum Gasteiger partial charge on any atom is -0.480 e. The molecular weight excluding hydrogens is 262 g/mol. The van der Waals surface area contributed by atoms with E-state index in [4.69, 9.17) is 5.11 Å². The van der Waals surface area contributed by atoms with Crippen LogP contribution in [-0.2, 0) is 9.59 Å². The topological polar surface area (TPSA) is 108 Å². The van der Waals surface area contributed by atoms with Crippen molar-refractivity contribution in [2.75, 3.05) is 10.6 Å². The van der Waals surface area contributed by atoms with E-state index in [9.17, 15) is 14.4 Å². The van der Waals surface area contributed by atoms with Crippen LogP contribution in [0.1, 0.15) is 20.3 Å². The van der Waals surface area contributed by atoms with Gasteiger partial charge in [0, 0.05) is 18.3 Å². The first-order valence-electron chi connectivity index (χ1n) is 6.10. The van der Waals surface area contributed by atoms with Gasteiger partial charge < -0.3 is 21.1 Å². The maximum atomic E-state index is 11.6. The molecular formula is C13H17N3O4. The molecule has 7 nitrogen and oxygen atoms in total. The number of rotatable bonds is 5. The molecule has 1 aromatic carbocycles. The first kappa shape index (κ1) is 15.5. The first-order valence-corrected chi connectivity index (χ1v) is 6.10. The highest BCUT2D eigenvalue weighted by Crippen LogP contribution is 2.14. The summed E-state index contributed by atoms with van der Waals surface area (Å²) in [7, 11) is 0. The smallest absolute Gasteiger partial charge is 0.326 e. The van der Waals surface area contributed by atoms with Crippen LogP contribution in [0.2, 0.25) is 0 Å². The second kappa shape index (κ2) is 7.13. The lowest BCUT2D eigenvalue weighted by atomic mass is 10.2. The molecule has 1 atom stereocenters. The monoisotopic (exact) mass is 279 g/mol. The van der Waals surface area contributed by atoms with Gasteiger partial charge in [-0.2, -0.15) is 0 Å². The molecule has 1 aromatic rings. The van der Waals surface area contributed by atoms with Crippen molar-refractivity contribution < 1.29 is 19.5 Å². The van der Waals surface area contributed by atoms with Crippen molar-refractivity contribution in [3.63, 3.8) is 0 Å². The van der Waals surface area contributed by atoms with Crippen molar-refractivity contribution in [3.05, 3.63) is 24.3 Å². The van der Waals surface area contributed by atoms with E-state index < -0.39 is 18.0 Å². The lowest BCUT2D eigenvalue weighted by Crippen LogP contribution is -2.42. The summed E-state index contributed by atoms with van der Waals surface area (Å²) in [6.07, 6.45) is 0.286. The molecule has 0 bridgehead atoms. The maximum absolute atomic E-state index is 11.6. The van der Waals surface area contributed by atoms with Crippen LogP contribution in [0.3, 0.4) is 0 Å². The van der Waals surface area contributed by atoms with Gasteiger partial charge in [0.25, 0.3) is 0 Å². The average Bonchev–Trinajstić information content (AvgIpc) is 2.35. The molecule has 1 rings (SSSR count). The molecule has 0 spiro atoms. The molecule has 1 unspecified atom stereocenters. The number of nitrogens with one attached hydrogen (secondary N) is 3. The molecule has 0 saturated carbocycles. The molecule has 0 aliphatic carbocycles. The second-order valence-corrected chi connectivity index (χ2v) is 4.16. The Morgan fingerprint density at radius 1 is 1.20 bits per heavy atom. The Hall–Kier alpha value is -2.57. The van der Waals surface area contributed by atoms with Crippen molar-refractivity contribution in [3.8, 4) is 0 Å². The third kappa shape index (κ3) is 4.97. The Morgan fingerprint density at radius 3 is 2.30 bits per heavy atom. The van der Waals surface area contributed by atoms with Gasteiger partial charge in [-0.05, 0) is 24.6 Å². The summed E-state index contributed by atoms with van der Waals surface area (Å²) in [6.45, 7) is 3.04. The van der Waals surface area contributed by atoms with Gasteiger partial charge in [-0.25, -0.2) is 9.59 Å². The predicted octanol–water partition coefficient (Wildman–Crippen LogP) is 1.63. The van der Waals surface area contributed by atoms with E-state index in [1.807, 2.05) is 0 Å². The number of amides is 3. The summed E-state index contributed by atoms with van der Waals surface area (Å²) < 4.78 is 0. The van der Waals surface area contributed by atoms with E-state index >= 15 is 0 Å². The van der Waals surface area contributed by atoms with E-state index in [2.05, 4.69) is 16.0 Å². The van der Waals surface area contributed by atoms with Crippen LogP contribution in [0.15, 0.2) is 24.3 Å². The molecule has 0 saturated heterocycles. The number of aliphatic carboxylic acids is 1. The zero-order valence-corrected chi connectivity index (χ0v) is 11.3. The number of urea groups is 1. The Bertz CT molecular complexity index is 516. The quantitative estimate of drug-likeness (QED) is 0.657. The normalized spacial score (nSPS) is 11.3. The highest BCUT2D eigenvalue weighted by Gasteiger charge is 2.17. The van der Waals surface area contributed by atoms with Crippen LogP contribution in [0.5, 0.6) is 0 Å². The minimum absolute atomic E-state index is 0.219. The van der Waals surface area contributed by atoms with Crippen molar-refractivity contribution in [2.24, 2.45) is 0 Å². The SMILES string of the molecule is CCC(NC(=O)Nc1cccc(NC(C)=O)c1)C(=O)O. The summed E-state index contributed by atoms with van der Waals surface area (Å²) in [5, 5.41) is 16.3. The highest BCUT2D eigenvalue weighted by atomic mass is 16.4. The summed E-state index contributed by atoms with van der Waals surface area (Å²) >= 11 is 0. The molecule has 0 heterocycles. The molecule has 3 amide bonds. The molecule has 0 aliphatic heterocycles. The predicted molar refractivity (Wildman–Crippen MR) is 74.6 cm³/mol. The van der Waals surface area contributed by atoms with Gasteiger partial charge in [0.1, 0.15) is 6.04 Å². The van der Waals surface area contributed by atoms with Crippen molar-refractivity contribution >= 4 is 29.3 Å². The third-order valence-corrected chi connectivity index (χ3v) is 2.45. The van der Waals surface area contributed by atoms with Crippen LogP contribution < -0.4 is 16.0 Å².